The van der Waals surface area contributed by atoms with E-state index in [1.54, 1.807) is 0 Å². The molecule has 6 nitrogen and oxygen atoms in total. The standard InChI is InChI=1S/C15H16FNO5S2/c16-12-3-6-14(7-4-12)23(18,19)11-13-5-8-15(22-13)24(20,21)17-9-1-2-10-17/h3-8H,1-2,9-11H2. The zero-order valence-electron chi connectivity index (χ0n) is 12.7. The molecule has 1 aromatic heterocycles. The molecule has 0 amide bonds. The molecule has 1 saturated heterocycles. The second-order valence-electron chi connectivity index (χ2n) is 5.54. The second-order valence-corrected chi connectivity index (χ2v) is 9.40. The molecule has 9 heteroatoms. The van der Waals surface area contributed by atoms with Crippen LogP contribution in [0.1, 0.15) is 18.6 Å². The SMILES string of the molecule is O=S(=O)(Cc1ccc(S(=O)(=O)N2CCCC2)o1)c1ccc(F)cc1. The van der Waals surface area contributed by atoms with E-state index in [1.165, 1.54) is 16.4 Å². The monoisotopic (exact) mass is 373 g/mol. The Hall–Kier alpha value is -1.71. The predicted octanol–water partition coefficient (Wildman–Crippen LogP) is 2.18. The number of nitrogens with zero attached hydrogens (tertiary/aromatic N) is 1. The van der Waals surface area contributed by atoms with Crippen LogP contribution in [0, 0.1) is 5.82 Å². The van der Waals surface area contributed by atoms with E-state index in [2.05, 4.69) is 0 Å². The molecule has 0 radical (unpaired) electrons. The van der Waals surface area contributed by atoms with Crippen LogP contribution in [0.2, 0.25) is 0 Å². The van der Waals surface area contributed by atoms with E-state index >= 15 is 0 Å². The van der Waals surface area contributed by atoms with Gasteiger partial charge in [-0.25, -0.2) is 21.2 Å². The van der Waals surface area contributed by atoms with Gasteiger partial charge in [-0.15, -0.1) is 0 Å². The Bertz CT molecular complexity index is 926. The van der Waals surface area contributed by atoms with Crippen LogP contribution in [0.15, 0.2) is 50.8 Å². The third-order valence-corrected chi connectivity index (χ3v) is 7.23. The first-order valence-corrected chi connectivity index (χ1v) is 10.5. The van der Waals surface area contributed by atoms with E-state index in [0.717, 1.165) is 37.1 Å². The summed E-state index contributed by atoms with van der Waals surface area (Å²) in [6.45, 7) is 0.874. The van der Waals surface area contributed by atoms with E-state index in [-0.39, 0.29) is 15.7 Å². The molecule has 1 fully saturated rings. The first-order valence-electron chi connectivity index (χ1n) is 7.36. The van der Waals surface area contributed by atoms with Gasteiger partial charge >= 0.3 is 0 Å². The normalized spacial score (nSPS) is 16.5. The van der Waals surface area contributed by atoms with Gasteiger partial charge in [0.2, 0.25) is 5.09 Å². The molecule has 0 aliphatic carbocycles. The van der Waals surface area contributed by atoms with Crippen molar-refractivity contribution in [3.05, 3.63) is 48.0 Å². The number of sulfonamides is 1. The number of sulfone groups is 1. The lowest BCUT2D eigenvalue weighted by atomic mass is 10.4. The molecule has 1 aliphatic heterocycles. The molecule has 0 spiro atoms. The zero-order chi connectivity index (χ0) is 17.4. The molecular weight excluding hydrogens is 357 g/mol. The number of rotatable bonds is 5. The Morgan fingerprint density at radius 1 is 0.958 bits per heavy atom. The van der Waals surface area contributed by atoms with Gasteiger partial charge < -0.3 is 4.42 Å². The van der Waals surface area contributed by atoms with E-state index in [0.29, 0.717) is 13.1 Å². The first kappa shape index (κ1) is 17.1. The first-order chi connectivity index (χ1) is 11.3. The molecule has 24 heavy (non-hydrogen) atoms. The molecule has 0 N–H and O–H groups in total. The van der Waals surface area contributed by atoms with Crippen molar-refractivity contribution >= 4 is 19.9 Å². The molecule has 3 rings (SSSR count). The van der Waals surface area contributed by atoms with Crippen LogP contribution in [-0.2, 0) is 25.6 Å². The molecule has 0 saturated carbocycles. The van der Waals surface area contributed by atoms with Gasteiger partial charge in [-0.1, -0.05) is 0 Å². The maximum Gasteiger partial charge on any atom is 0.276 e. The lowest BCUT2D eigenvalue weighted by Crippen LogP contribution is -2.27. The third-order valence-electron chi connectivity index (χ3n) is 3.80. The summed E-state index contributed by atoms with van der Waals surface area (Å²) in [6.07, 6.45) is 1.59. The molecule has 2 heterocycles. The van der Waals surface area contributed by atoms with E-state index < -0.39 is 31.4 Å². The van der Waals surface area contributed by atoms with Crippen LogP contribution in [0.3, 0.4) is 0 Å². The van der Waals surface area contributed by atoms with Gasteiger partial charge in [0.25, 0.3) is 10.0 Å². The quantitative estimate of drug-likeness (QED) is 0.750. The van der Waals surface area contributed by atoms with Crippen molar-refractivity contribution in [1.29, 1.82) is 0 Å². The molecule has 0 atom stereocenters. The third kappa shape index (κ3) is 3.38. The number of furan rings is 1. The summed E-state index contributed by atoms with van der Waals surface area (Å²) in [5.74, 6) is -1.00. The minimum atomic E-state index is -3.75. The molecule has 1 aliphatic rings. The fourth-order valence-electron chi connectivity index (χ4n) is 2.54. The van der Waals surface area contributed by atoms with Crippen LogP contribution in [0.25, 0.3) is 0 Å². The topological polar surface area (TPSA) is 84.7 Å². The Morgan fingerprint density at radius 2 is 1.58 bits per heavy atom. The van der Waals surface area contributed by atoms with Gasteiger partial charge in [-0.2, -0.15) is 4.31 Å². The Balaban J connectivity index is 1.82. The van der Waals surface area contributed by atoms with Crippen molar-refractivity contribution < 1.29 is 25.6 Å². The van der Waals surface area contributed by atoms with Gasteiger partial charge in [0.05, 0.1) is 4.90 Å². The van der Waals surface area contributed by atoms with E-state index in [1.807, 2.05) is 0 Å². The summed E-state index contributed by atoms with van der Waals surface area (Å²) < 4.78 is 68.8. The van der Waals surface area contributed by atoms with Gasteiger partial charge in [-0.05, 0) is 49.2 Å². The van der Waals surface area contributed by atoms with Gasteiger partial charge in [0.15, 0.2) is 9.84 Å². The lowest BCUT2D eigenvalue weighted by molar-refractivity contribution is 0.395. The Labute approximate surface area is 139 Å². The van der Waals surface area contributed by atoms with Crippen LogP contribution in [0.4, 0.5) is 4.39 Å². The highest BCUT2D eigenvalue weighted by molar-refractivity contribution is 7.90. The minimum absolute atomic E-state index is 0.0251. The highest BCUT2D eigenvalue weighted by atomic mass is 32.2. The highest BCUT2D eigenvalue weighted by Gasteiger charge is 2.30. The minimum Gasteiger partial charge on any atom is -0.447 e. The maximum atomic E-state index is 12.9. The number of benzene rings is 1. The molecule has 2 aromatic rings. The zero-order valence-corrected chi connectivity index (χ0v) is 14.3. The summed E-state index contributed by atoms with van der Waals surface area (Å²) in [7, 11) is -7.47. The van der Waals surface area contributed by atoms with Crippen molar-refractivity contribution in [3.8, 4) is 0 Å². The number of hydrogen-bond donors (Lipinski definition) is 0. The largest absolute Gasteiger partial charge is 0.447 e. The fourth-order valence-corrected chi connectivity index (χ4v) is 5.24. The molecule has 130 valence electrons. The maximum absolute atomic E-state index is 12.9. The van der Waals surface area contributed by atoms with Crippen molar-refractivity contribution in [2.75, 3.05) is 13.1 Å². The summed E-state index contributed by atoms with van der Waals surface area (Å²) in [5, 5.41) is -0.256. The summed E-state index contributed by atoms with van der Waals surface area (Å²) in [6, 6.07) is 7.04. The van der Waals surface area contributed by atoms with Gasteiger partial charge in [0, 0.05) is 13.1 Å². The fraction of sp³-hybridized carbons (Fsp3) is 0.333. The average Bonchev–Trinajstić information content (AvgIpc) is 3.19. The van der Waals surface area contributed by atoms with Crippen molar-refractivity contribution in [1.82, 2.24) is 4.31 Å². The van der Waals surface area contributed by atoms with Gasteiger partial charge in [0.1, 0.15) is 17.3 Å². The highest BCUT2D eigenvalue weighted by Crippen LogP contribution is 2.25. The van der Waals surface area contributed by atoms with Crippen LogP contribution >= 0.6 is 0 Å². The smallest absolute Gasteiger partial charge is 0.276 e. The average molecular weight is 373 g/mol. The summed E-state index contributed by atoms with van der Waals surface area (Å²) in [4.78, 5) is -0.0516. The second kappa shape index (κ2) is 6.30. The van der Waals surface area contributed by atoms with Crippen LogP contribution in [-0.4, -0.2) is 34.2 Å². The number of halogens is 1. The molecule has 1 aromatic carbocycles. The molecule has 0 bridgehead atoms. The van der Waals surface area contributed by atoms with Gasteiger partial charge in [-0.3, -0.25) is 0 Å². The predicted molar refractivity (Wildman–Crippen MR) is 84.0 cm³/mol. The van der Waals surface area contributed by atoms with Crippen molar-refractivity contribution in [3.63, 3.8) is 0 Å². The summed E-state index contributed by atoms with van der Waals surface area (Å²) >= 11 is 0. The van der Waals surface area contributed by atoms with Crippen LogP contribution < -0.4 is 0 Å². The van der Waals surface area contributed by atoms with Crippen molar-refractivity contribution in [2.45, 2.75) is 28.6 Å². The number of hydrogen-bond acceptors (Lipinski definition) is 5. The summed E-state index contributed by atoms with van der Waals surface area (Å²) in [5.41, 5.74) is 0. The molecular formula is C15H16FNO5S2. The Morgan fingerprint density at radius 3 is 2.21 bits per heavy atom. The van der Waals surface area contributed by atoms with Crippen LogP contribution in [0.5, 0.6) is 0 Å². The van der Waals surface area contributed by atoms with E-state index in [4.69, 9.17) is 4.42 Å². The lowest BCUT2D eigenvalue weighted by Gasteiger charge is -2.12. The van der Waals surface area contributed by atoms with E-state index in [9.17, 15) is 21.2 Å². The van der Waals surface area contributed by atoms with Crippen molar-refractivity contribution in [2.24, 2.45) is 0 Å². The Kier molecular flexibility index (Phi) is 4.50. The molecule has 0 unspecified atom stereocenters.